The topological polar surface area (TPSA) is 389 Å². The van der Waals surface area contributed by atoms with E-state index in [-0.39, 0.29) is 30.2 Å². The number of hydrogen-bond donors (Lipinski definition) is 11. The predicted octanol–water partition coefficient (Wildman–Crippen LogP) is 2.71. The number of aliphatic hydroxyl groups excluding tert-OH is 2. The molecule has 11 N–H and O–H groups in total. The van der Waals surface area contributed by atoms with Crippen LogP contribution < -0.4 is 47.3 Å². The first-order valence-electron chi connectivity index (χ1n) is 36.1. The number of amides is 11. The van der Waals surface area contributed by atoms with Crippen molar-refractivity contribution >= 4 is 81.9 Å². The molecule has 1 saturated heterocycles. The van der Waals surface area contributed by atoms with Gasteiger partial charge in [-0.2, -0.15) is 0 Å². The summed E-state index contributed by atoms with van der Waals surface area (Å²) in [4.78, 5) is 188. The number of nitrogens with zero attached hydrogens (tertiary/aromatic N) is 4. The average molecular weight is 1460 g/mol. The van der Waals surface area contributed by atoms with E-state index < -0.39 is 197 Å². The normalized spacial score (nSPS) is 24.9. The van der Waals surface area contributed by atoms with Crippen LogP contribution in [0, 0.1) is 47.3 Å². The maximum atomic E-state index is 15.5. The molecule has 0 bridgehead atoms. The predicted molar refractivity (Wildman–Crippen MR) is 393 cm³/mol. The van der Waals surface area contributed by atoms with E-state index in [1.807, 2.05) is 13.8 Å². The molecule has 11 amide bonds. The van der Waals surface area contributed by atoms with Crippen LogP contribution in [0.15, 0.2) is 54.7 Å². The number of methoxy groups -OCH3 is 1. The lowest BCUT2D eigenvalue weighted by molar-refractivity contribution is -0.160. The van der Waals surface area contributed by atoms with Gasteiger partial charge in [0.15, 0.2) is 0 Å². The first-order valence-corrected chi connectivity index (χ1v) is 36.1. The van der Waals surface area contributed by atoms with Gasteiger partial charge in [0.25, 0.3) is 0 Å². The van der Waals surface area contributed by atoms with E-state index in [2.05, 4.69) is 47.5 Å². The monoisotopic (exact) mass is 1460 g/mol. The van der Waals surface area contributed by atoms with Gasteiger partial charge in [-0.05, 0) is 97.9 Å². The third-order valence-electron chi connectivity index (χ3n) is 19.3. The van der Waals surface area contributed by atoms with Crippen molar-refractivity contribution in [3.8, 4) is 5.75 Å². The smallest absolute Gasteiger partial charge is 0.329 e. The second-order valence-electron chi connectivity index (χ2n) is 30.4. The molecule has 1 aliphatic heterocycles. The molecule has 0 spiro atoms. The number of cyclic esters (lactones) is 1. The largest absolute Gasteiger partial charge is 0.496 e. The maximum absolute atomic E-state index is 15.5. The maximum Gasteiger partial charge on any atom is 0.329 e. The Morgan fingerprint density at radius 3 is 1.51 bits per heavy atom. The lowest BCUT2D eigenvalue weighted by Crippen LogP contribution is -2.65. The fourth-order valence-electron chi connectivity index (χ4n) is 13.0. The molecule has 2 aromatic carbocycles. The Morgan fingerprint density at radius 1 is 0.529 bits per heavy atom. The van der Waals surface area contributed by atoms with Crippen molar-refractivity contribution in [2.45, 2.75) is 228 Å². The first kappa shape index (κ1) is 87.7. The highest BCUT2D eigenvalue weighted by Crippen LogP contribution is 2.31. The summed E-state index contributed by atoms with van der Waals surface area (Å²) in [5, 5.41) is 46.4. The van der Waals surface area contributed by atoms with E-state index in [0.717, 1.165) is 16.8 Å². The number of aromatic amines is 1. The molecule has 0 saturated carbocycles. The van der Waals surface area contributed by atoms with Crippen LogP contribution in [-0.2, 0) is 68.7 Å². The van der Waals surface area contributed by atoms with Gasteiger partial charge in [-0.3, -0.25) is 52.7 Å². The fourth-order valence-corrected chi connectivity index (χ4v) is 13.0. The zero-order valence-electron chi connectivity index (χ0n) is 65.3. The van der Waals surface area contributed by atoms with Crippen LogP contribution in [0.3, 0.4) is 0 Å². The number of hydrogen-bond acceptors (Lipinski definition) is 17. The van der Waals surface area contributed by atoms with Gasteiger partial charge in [-0.25, -0.2) is 4.79 Å². The van der Waals surface area contributed by atoms with Gasteiger partial charge in [0.2, 0.25) is 65.0 Å². The molecule has 1 aromatic heterocycles. The third kappa shape index (κ3) is 21.9. The molecule has 580 valence electrons. The molecular formula is C75H119N13O16. The number of ether oxygens (including phenoxy) is 2. The van der Waals surface area contributed by atoms with E-state index in [4.69, 9.17) is 9.47 Å². The summed E-state index contributed by atoms with van der Waals surface area (Å²) in [6, 6.07) is -4.75. The van der Waals surface area contributed by atoms with Crippen LogP contribution >= 0.6 is 0 Å². The van der Waals surface area contributed by atoms with Gasteiger partial charge in [0, 0.05) is 51.7 Å². The van der Waals surface area contributed by atoms with Crippen molar-refractivity contribution in [2.24, 2.45) is 47.3 Å². The Bertz CT molecular complexity index is 3470. The number of aromatic nitrogens is 1. The zero-order valence-corrected chi connectivity index (χ0v) is 65.3. The Hall–Kier alpha value is -8.70. The number of likely N-dealkylation sites (N-methyl/N-ethyl adjacent to an activating group) is 5. The standard InChI is InChI=1S/C75H119N13O16/c1-36(2)33-49-64(91)80-57(41(11)12)72(99)87(22)61(43(15)16)74(101)86(21)50(34-47-35-77-48-31-28-32-51(103-24)52(47)48)65(92)78-54(38(5)6)68(95)84-60(63(90)46-29-26-25-27-30-46)69(96)82-58(42(13)14)75(102)104-45(18)59(83-67(94)55(39(7)8)79-66(93)53(76-19)37(3)4)73(100)88(23)62(44(17)89)70(97)81-56(40(9)10)71(98)85(49)20/h25-32,35-45,49-50,53-63,76-77,89-90H,33-34H2,1-24H3,(H,78,92)(H,79,93)(H,80,91)(H,81,97)(H,82,96)(H,83,94)(H,84,95)/t44-,45-,49?,50?,53+,54+,55+,56+,57+,58+,59?,60?,61+,62?,63?/m1/s1. The number of fused-ring (bicyclic) bond motifs is 1. The Balaban J connectivity index is 2.06. The van der Waals surface area contributed by atoms with Crippen molar-refractivity contribution in [3.05, 3.63) is 65.9 Å². The minimum Gasteiger partial charge on any atom is -0.496 e. The number of carbonyl (C=O) groups is 12. The quantitative estimate of drug-likeness (QED) is 0.0725. The molecule has 0 aliphatic carbocycles. The molecule has 29 nitrogen and oxygen atoms in total. The summed E-state index contributed by atoms with van der Waals surface area (Å²) in [6.07, 6.45) is -3.76. The fraction of sp³-hybridized carbons (Fsp3) is 0.653. The second-order valence-corrected chi connectivity index (χ2v) is 30.4. The van der Waals surface area contributed by atoms with Crippen molar-refractivity contribution < 1.29 is 77.2 Å². The summed E-state index contributed by atoms with van der Waals surface area (Å²) >= 11 is 0. The average Bonchev–Trinajstić information content (AvgIpc) is 1.52. The summed E-state index contributed by atoms with van der Waals surface area (Å²) in [5.41, 5.74) is 1.30. The van der Waals surface area contributed by atoms with Gasteiger partial charge in [0.05, 0.1) is 19.3 Å². The number of benzene rings is 2. The molecule has 6 unspecified atom stereocenters. The van der Waals surface area contributed by atoms with Crippen molar-refractivity contribution in [3.63, 3.8) is 0 Å². The molecule has 1 aliphatic rings. The molecule has 0 radical (unpaired) electrons. The van der Waals surface area contributed by atoms with E-state index in [1.165, 1.54) is 64.0 Å². The molecule has 2 heterocycles. The molecule has 29 heteroatoms. The van der Waals surface area contributed by atoms with Gasteiger partial charge >= 0.3 is 5.97 Å². The minimum absolute atomic E-state index is 0.0454. The lowest BCUT2D eigenvalue weighted by atomic mass is 9.94. The van der Waals surface area contributed by atoms with Crippen molar-refractivity contribution in [1.29, 1.82) is 0 Å². The number of H-pyrrole nitrogens is 1. The van der Waals surface area contributed by atoms with E-state index >= 15 is 38.4 Å². The van der Waals surface area contributed by atoms with Gasteiger partial charge in [-0.1, -0.05) is 147 Å². The van der Waals surface area contributed by atoms with E-state index in [1.54, 1.807) is 147 Å². The molecule has 104 heavy (non-hydrogen) atoms. The highest BCUT2D eigenvalue weighted by molar-refractivity contribution is 6.01. The SMILES string of the molecule is CN[C@H](C(=O)N[C@H](C(=O)NC1C(=O)N(C)C([C@@H](C)O)C(=O)N[C@@H](C(C)C)C(=O)N(C)C(CC(C)C)C(=O)N[C@@H](C(C)C)C(=O)N(C)[C@@H](C(C)C)C(=O)N(C)C(Cc2c[nH]c3cccc(OC)c23)C(=O)N[C@@H](C(C)C)C(=O)NC(C(O)c2ccccc2)C(=O)N[C@@H](C(C)C)C(=O)O[C@@H]1C)C(C)C)C(C)C. The highest BCUT2D eigenvalue weighted by Gasteiger charge is 2.47. The Morgan fingerprint density at radius 2 is 1.01 bits per heavy atom. The summed E-state index contributed by atoms with van der Waals surface area (Å²) in [6.45, 7) is 29.3. The lowest BCUT2D eigenvalue weighted by Gasteiger charge is -2.39. The highest BCUT2D eigenvalue weighted by atomic mass is 16.5. The number of rotatable bonds is 20. The third-order valence-corrected chi connectivity index (χ3v) is 19.3. The molecule has 15 atom stereocenters. The summed E-state index contributed by atoms with van der Waals surface area (Å²) in [5.74, 6) is -15.1. The van der Waals surface area contributed by atoms with Crippen molar-refractivity contribution in [2.75, 3.05) is 42.3 Å². The summed E-state index contributed by atoms with van der Waals surface area (Å²) < 4.78 is 11.8. The van der Waals surface area contributed by atoms with Crippen LogP contribution in [0.5, 0.6) is 5.75 Å². The van der Waals surface area contributed by atoms with Gasteiger partial charge in [0.1, 0.15) is 84.4 Å². The van der Waals surface area contributed by atoms with Gasteiger partial charge in [-0.15, -0.1) is 0 Å². The molecule has 4 rings (SSSR count). The molecule has 1 fully saturated rings. The minimum atomic E-state index is -1.94. The summed E-state index contributed by atoms with van der Waals surface area (Å²) in [7, 11) is 8.36. The molecular weight excluding hydrogens is 1340 g/mol. The van der Waals surface area contributed by atoms with Crippen molar-refractivity contribution in [1.82, 2.24) is 67.1 Å². The molecule has 3 aromatic rings. The van der Waals surface area contributed by atoms with Crippen LogP contribution in [0.1, 0.15) is 148 Å². The first-order chi connectivity index (χ1) is 48.5. The Kier molecular flexibility index (Phi) is 32.8. The number of carbonyl (C=O) groups excluding carboxylic acids is 12. The Labute approximate surface area is 613 Å². The number of nitrogens with one attached hydrogen (secondary N) is 9. The second kappa shape index (κ2) is 38.9. The van der Waals surface area contributed by atoms with Gasteiger partial charge < -0.3 is 86.8 Å². The van der Waals surface area contributed by atoms with Crippen LogP contribution in [0.2, 0.25) is 0 Å². The van der Waals surface area contributed by atoms with E-state index in [0.29, 0.717) is 22.2 Å². The van der Waals surface area contributed by atoms with Crippen LogP contribution in [0.4, 0.5) is 0 Å². The van der Waals surface area contributed by atoms with E-state index in [9.17, 15) is 29.4 Å². The van der Waals surface area contributed by atoms with Crippen LogP contribution in [0.25, 0.3) is 10.9 Å². The number of aliphatic hydroxyl groups is 2. The number of esters is 1. The zero-order chi connectivity index (χ0) is 79.0. The van der Waals surface area contributed by atoms with Crippen LogP contribution in [-0.4, -0.2) is 233 Å².